The van der Waals surface area contributed by atoms with E-state index < -0.39 is 28.3 Å². The van der Waals surface area contributed by atoms with Gasteiger partial charge >= 0.3 is 0 Å². The highest BCUT2D eigenvalue weighted by atomic mass is 32.2. The Labute approximate surface area is 169 Å². The third kappa shape index (κ3) is 5.49. The molecule has 0 bridgehead atoms. The molecule has 0 aromatic heterocycles. The van der Waals surface area contributed by atoms with Gasteiger partial charge < -0.3 is 5.32 Å². The van der Waals surface area contributed by atoms with Crippen LogP contribution < -0.4 is 5.32 Å². The maximum absolute atomic E-state index is 13.4. The molecule has 1 amide bonds. The van der Waals surface area contributed by atoms with Crippen molar-refractivity contribution in [1.82, 2.24) is 4.31 Å². The van der Waals surface area contributed by atoms with E-state index in [9.17, 15) is 17.6 Å². The summed E-state index contributed by atoms with van der Waals surface area (Å²) in [7, 11) is -3.91. The van der Waals surface area contributed by atoms with Crippen molar-refractivity contribution < 1.29 is 17.6 Å². The molecule has 5 nitrogen and oxygen atoms in total. The van der Waals surface area contributed by atoms with E-state index in [-0.39, 0.29) is 17.1 Å². The van der Waals surface area contributed by atoms with Gasteiger partial charge in [-0.2, -0.15) is 4.31 Å². The third-order valence-corrected chi connectivity index (χ3v) is 6.09. The van der Waals surface area contributed by atoms with E-state index in [0.717, 1.165) is 15.4 Å². The minimum Gasteiger partial charge on any atom is -0.325 e. The highest BCUT2D eigenvalue weighted by Gasteiger charge is 2.26. The first-order valence-corrected chi connectivity index (χ1v) is 10.4. The van der Waals surface area contributed by atoms with Gasteiger partial charge in [0.2, 0.25) is 15.9 Å². The number of sulfonamides is 1. The predicted octanol–water partition coefficient (Wildman–Crippen LogP) is 3.96. The second-order valence-corrected chi connectivity index (χ2v) is 8.57. The average molecular weight is 412 g/mol. The van der Waals surface area contributed by atoms with Gasteiger partial charge in [0.05, 0.1) is 11.4 Å². The number of aryl methyl sites for hydroxylation is 1. The summed E-state index contributed by atoms with van der Waals surface area (Å²) < 4.78 is 40.7. The van der Waals surface area contributed by atoms with Crippen molar-refractivity contribution in [1.29, 1.82) is 0 Å². The normalized spacial score (nSPS) is 11.4. The molecule has 3 rings (SSSR count). The summed E-state index contributed by atoms with van der Waals surface area (Å²) in [5, 5.41) is 2.55. The van der Waals surface area contributed by atoms with Crippen LogP contribution in [0.1, 0.15) is 11.1 Å². The fraction of sp³-hybridized carbons (Fsp3) is 0.136. The Balaban J connectivity index is 1.85. The summed E-state index contributed by atoms with van der Waals surface area (Å²) in [6, 6.07) is 20.8. The zero-order chi connectivity index (χ0) is 20.9. The largest absolute Gasteiger partial charge is 0.325 e. The number of nitrogens with zero attached hydrogens (tertiary/aromatic N) is 1. The van der Waals surface area contributed by atoms with Gasteiger partial charge in [-0.05, 0) is 42.8 Å². The van der Waals surface area contributed by atoms with Crippen molar-refractivity contribution in [3.8, 4) is 0 Å². The van der Waals surface area contributed by atoms with Gasteiger partial charge in [0.25, 0.3) is 0 Å². The van der Waals surface area contributed by atoms with E-state index in [4.69, 9.17) is 0 Å². The number of nitrogens with one attached hydrogen (secondary N) is 1. The molecular formula is C22H21FN2O3S. The maximum Gasteiger partial charge on any atom is 0.243 e. The maximum atomic E-state index is 13.4. The highest BCUT2D eigenvalue weighted by molar-refractivity contribution is 7.89. The van der Waals surface area contributed by atoms with E-state index in [1.54, 1.807) is 18.2 Å². The van der Waals surface area contributed by atoms with Gasteiger partial charge in [-0.3, -0.25) is 4.79 Å². The zero-order valence-corrected chi connectivity index (χ0v) is 16.7. The van der Waals surface area contributed by atoms with Crippen LogP contribution in [0.25, 0.3) is 0 Å². The Morgan fingerprint density at radius 1 is 0.966 bits per heavy atom. The lowest BCUT2D eigenvalue weighted by Crippen LogP contribution is -2.37. The number of rotatable bonds is 7. The van der Waals surface area contributed by atoms with E-state index in [1.165, 1.54) is 36.4 Å². The Bertz CT molecular complexity index is 1080. The van der Waals surface area contributed by atoms with Crippen LogP contribution in [0.3, 0.4) is 0 Å². The summed E-state index contributed by atoms with van der Waals surface area (Å²) in [5.74, 6) is -1.04. The Morgan fingerprint density at radius 2 is 1.66 bits per heavy atom. The quantitative estimate of drug-likeness (QED) is 0.639. The fourth-order valence-electron chi connectivity index (χ4n) is 2.79. The summed E-state index contributed by atoms with van der Waals surface area (Å²) in [5.41, 5.74) is 2.08. The number of benzene rings is 3. The molecule has 0 aliphatic rings. The summed E-state index contributed by atoms with van der Waals surface area (Å²) in [6.07, 6.45) is 0. The topological polar surface area (TPSA) is 66.5 Å². The molecule has 0 radical (unpaired) electrons. The van der Waals surface area contributed by atoms with Gasteiger partial charge in [0, 0.05) is 12.2 Å². The monoisotopic (exact) mass is 412 g/mol. The predicted molar refractivity (Wildman–Crippen MR) is 110 cm³/mol. The Hall–Kier alpha value is -3.03. The number of anilines is 1. The highest BCUT2D eigenvalue weighted by Crippen LogP contribution is 2.19. The van der Waals surface area contributed by atoms with Crippen LogP contribution in [0.2, 0.25) is 0 Å². The van der Waals surface area contributed by atoms with Crippen molar-refractivity contribution in [2.24, 2.45) is 0 Å². The smallest absolute Gasteiger partial charge is 0.243 e. The first-order chi connectivity index (χ1) is 13.8. The lowest BCUT2D eigenvalue weighted by molar-refractivity contribution is -0.116. The summed E-state index contributed by atoms with van der Waals surface area (Å²) in [4.78, 5) is 12.6. The number of carbonyl (C=O) groups excluding carboxylic acids is 1. The number of carbonyl (C=O) groups is 1. The number of hydrogen-bond donors (Lipinski definition) is 1. The van der Waals surface area contributed by atoms with Crippen molar-refractivity contribution in [2.45, 2.75) is 18.4 Å². The minimum absolute atomic E-state index is 0.0358. The molecule has 0 fully saturated rings. The fourth-order valence-corrected chi connectivity index (χ4v) is 4.20. The first kappa shape index (κ1) is 20.7. The van der Waals surface area contributed by atoms with Crippen LogP contribution >= 0.6 is 0 Å². The average Bonchev–Trinajstić information content (AvgIpc) is 2.70. The van der Waals surface area contributed by atoms with Crippen molar-refractivity contribution in [2.75, 3.05) is 11.9 Å². The second kappa shape index (κ2) is 8.98. The molecule has 0 heterocycles. The SMILES string of the molecule is Cc1ccc(CN(CC(=O)Nc2cccc(F)c2)S(=O)(=O)c2ccccc2)cc1. The molecule has 0 saturated carbocycles. The van der Waals surface area contributed by atoms with Crippen molar-refractivity contribution in [3.05, 3.63) is 95.8 Å². The summed E-state index contributed by atoms with van der Waals surface area (Å²) in [6.45, 7) is 1.57. The molecule has 0 aliphatic heterocycles. The molecule has 29 heavy (non-hydrogen) atoms. The minimum atomic E-state index is -3.91. The van der Waals surface area contributed by atoms with Crippen LogP contribution in [0.15, 0.2) is 83.8 Å². The molecule has 7 heteroatoms. The molecule has 0 spiro atoms. The van der Waals surface area contributed by atoms with E-state index in [1.807, 2.05) is 31.2 Å². The molecule has 3 aromatic carbocycles. The molecular weight excluding hydrogens is 391 g/mol. The van der Waals surface area contributed by atoms with Crippen molar-refractivity contribution in [3.63, 3.8) is 0 Å². The molecule has 0 aliphatic carbocycles. The van der Waals surface area contributed by atoms with Crippen LogP contribution in [-0.2, 0) is 21.4 Å². The molecule has 3 aromatic rings. The van der Waals surface area contributed by atoms with Gasteiger partial charge in [-0.25, -0.2) is 12.8 Å². The Kier molecular flexibility index (Phi) is 6.41. The van der Waals surface area contributed by atoms with E-state index >= 15 is 0 Å². The van der Waals surface area contributed by atoms with Crippen LogP contribution in [0, 0.1) is 12.7 Å². The zero-order valence-electron chi connectivity index (χ0n) is 15.9. The molecule has 0 unspecified atom stereocenters. The Morgan fingerprint density at radius 3 is 2.31 bits per heavy atom. The lowest BCUT2D eigenvalue weighted by atomic mass is 10.1. The van der Waals surface area contributed by atoms with Gasteiger partial charge in [-0.15, -0.1) is 0 Å². The second-order valence-electron chi connectivity index (χ2n) is 6.63. The van der Waals surface area contributed by atoms with E-state index in [2.05, 4.69) is 5.32 Å². The summed E-state index contributed by atoms with van der Waals surface area (Å²) >= 11 is 0. The van der Waals surface area contributed by atoms with Crippen LogP contribution in [0.5, 0.6) is 0 Å². The lowest BCUT2D eigenvalue weighted by Gasteiger charge is -2.22. The number of hydrogen-bond acceptors (Lipinski definition) is 3. The first-order valence-electron chi connectivity index (χ1n) is 9.01. The third-order valence-electron chi connectivity index (χ3n) is 4.29. The van der Waals surface area contributed by atoms with Gasteiger partial charge in [0.1, 0.15) is 5.82 Å². The van der Waals surface area contributed by atoms with Crippen LogP contribution in [0.4, 0.5) is 10.1 Å². The number of halogens is 1. The number of amides is 1. The molecule has 1 N–H and O–H groups in total. The van der Waals surface area contributed by atoms with Crippen LogP contribution in [-0.4, -0.2) is 25.2 Å². The van der Waals surface area contributed by atoms with Gasteiger partial charge in [-0.1, -0.05) is 54.1 Å². The standard InChI is InChI=1S/C22H21FN2O3S/c1-17-10-12-18(13-11-17)15-25(29(27,28)21-8-3-2-4-9-21)16-22(26)24-20-7-5-6-19(23)14-20/h2-14H,15-16H2,1H3,(H,24,26). The van der Waals surface area contributed by atoms with Crippen molar-refractivity contribution >= 4 is 21.6 Å². The molecule has 150 valence electrons. The van der Waals surface area contributed by atoms with E-state index in [0.29, 0.717) is 0 Å². The molecule has 0 atom stereocenters. The molecule has 0 saturated heterocycles. The van der Waals surface area contributed by atoms with Gasteiger partial charge in [0.15, 0.2) is 0 Å².